The summed E-state index contributed by atoms with van der Waals surface area (Å²) in [5.41, 5.74) is 0. The Kier molecular flexibility index (Phi) is 3.30. The summed E-state index contributed by atoms with van der Waals surface area (Å²) in [7, 11) is 0. The highest BCUT2D eigenvalue weighted by Gasteiger charge is 2.45. The van der Waals surface area contributed by atoms with Crippen LogP contribution in [0, 0.1) is 5.92 Å². The van der Waals surface area contributed by atoms with Gasteiger partial charge in [0.1, 0.15) is 0 Å². The van der Waals surface area contributed by atoms with Gasteiger partial charge in [-0.1, -0.05) is 0 Å². The molecule has 0 bridgehead atoms. The molecule has 3 unspecified atom stereocenters. The molecule has 3 heterocycles. The summed E-state index contributed by atoms with van der Waals surface area (Å²) in [5.74, 6) is 0.687. The van der Waals surface area contributed by atoms with Gasteiger partial charge < -0.3 is 14.8 Å². The van der Waals surface area contributed by atoms with E-state index in [4.69, 9.17) is 9.47 Å². The summed E-state index contributed by atoms with van der Waals surface area (Å²) >= 11 is 0. The largest absolute Gasteiger partial charge is 0.347 e. The maximum absolute atomic E-state index is 6.24. The highest BCUT2D eigenvalue weighted by Crippen LogP contribution is 2.39. The molecule has 1 spiro atoms. The quantitative estimate of drug-likeness (QED) is 0.818. The van der Waals surface area contributed by atoms with Crippen LogP contribution < -0.4 is 5.32 Å². The van der Waals surface area contributed by atoms with E-state index in [1.807, 2.05) is 0 Å². The highest BCUT2D eigenvalue weighted by atomic mass is 16.7. The van der Waals surface area contributed by atoms with E-state index in [1.165, 1.54) is 45.3 Å². The van der Waals surface area contributed by atoms with E-state index in [1.54, 1.807) is 0 Å². The van der Waals surface area contributed by atoms with Gasteiger partial charge in [-0.05, 0) is 38.1 Å². The zero-order chi connectivity index (χ0) is 12.7. The van der Waals surface area contributed by atoms with Gasteiger partial charge in [0, 0.05) is 38.5 Å². The van der Waals surface area contributed by atoms with Crippen LogP contribution in [0.25, 0.3) is 0 Å². The summed E-state index contributed by atoms with van der Waals surface area (Å²) in [6.45, 7) is 5.54. The summed E-state index contributed by atoms with van der Waals surface area (Å²) in [5, 5.41) is 3.67. The van der Waals surface area contributed by atoms with Crippen LogP contribution in [0.4, 0.5) is 0 Å². The van der Waals surface area contributed by atoms with Crippen LogP contribution in [-0.4, -0.2) is 55.6 Å². The van der Waals surface area contributed by atoms with Gasteiger partial charge in [0.25, 0.3) is 0 Å². The number of nitrogens with zero attached hydrogens (tertiary/aromatic N) is 1. The van der Waals surface area contributed by atoms with Crippen LogP contribution in [0.1, 0.15) is 38.5 Å². The van der Waals surface area contributed by atoms with Crippen LogP contribution in [0.2, 0.25) is 0 Å². The lowest BCUT2D eigenvalue weighted by atomic mass is 9.94. The Morgan fingerprint density at radius 3 is 2.89 bits per heavy atom. The predicted octanol–water partition coefficient (Wildman–Crippen LogP) is 1.36. The smallest absolute Gasteiger partial charge is 0.168 e. The van der Waals surface area contributed by atoms with E-state index >= 15 is 0 Å². The second kappa shape index (κ2) is 4.99. The average molecular weight is 266 g/mol. The van der Waals surface area contributed by atoms with E-state index in [0.717, 1.165) is 38.0 Å². The highest BCUT2D eigenvalue weighted by molar-refractivity contribution is 4.93. The fourth-order valence-corrected chi connectivity index (χ4v) is 4.46. The number of ether oxygens (including phenoxy) is 2. The molecule has 1 saturated carbocycles. The Hall–Kier alpha value is -0.160. The monoisotopic (exact) mass is 266 g/mol. The molecule has 4 heteroatoms. The minimum absolute atomic E-state index is 0.185. The molecular formula is C15H26N2O2. The fourth-order valence-electron chi connectivity index (χ4n) is 4.46. The van der Waals surface area contributed by atoms with Gasteiger partial charge >= 0.3 is 0 Å². The van der Waals surface area contributed by atoms with Crippen LogP contribution >= 0.6 is 0 Å². The number of nitrogens with one attached hydrogen (secondary N) is 1. The van der Waals surface area contributed by atoms with Crippen LogP contribution in [0.5, 0.6) is 0 Å². The van der Waals surface area contributed by atoms with E-state index < -0.39 is 0 Å². The molecule has 0 aromatic carbocycles. The van der Waals surface area contributed by atoms with Gasteiger partial charge in [0.15, 0.2) is 5.79 Å². The lowest BCUT2D eigenvalue weighted by molar-refractivity contribution is -0.163. The minimum atomic E-state index is -0.185. The van der Waals surface area contributed by atoms with Crippen molar-refractivity contribution in [3.8, 4) is 0 Å². The van der Waals surface area contributed by atoms with Gasteiger partial charge in [0.2, 0.25) is 0 Å². The topological polar surface area (TPSA) is 33.7 Å². The molecule has 3 atom stereocenters. The van der Waals surface area contributed by atoms with Crippen molar-refractivity contribution in [3.05, 3.63) is 0 Å². The molecule has 4 fully saturated rings. The number of fused-ring (bicyclic) bond motifs is 1. The Morgan fingerprint density at radius 2 is 2.05 bits per heavy atom. The molecule has 4 rings (SSSR count). The lowest BCUT2D eigenvalue weighted by Gasteiger charge is -2.24. The van der Waals surface area contributed by atoms with Crippen LogP contribution in [0.3, 0.4) is 0 Å². The molecule has 1 N–H and O–H groups in total. The zero-order valence-electron chi connectivity index (χ0n) is 11.8. The standard InChI is InChI=1S/C15H26N2O2/c1-2-6-15(5-1)18-11-13(19-15)9-17-8-12-4-3-7-16-14(12)10-17/h12-14,16H,1-11H2. The number of likely N-dealkylation sites (tertiary alicyclic amines) is 1. The molecular weight excluding hydrogens is 240 g/mol. The van der Waals surface area contributed by atoms with Gasteiger partial charge in [-0.25, -0.2) is 0 Å². The second-order valence-electron chi connectivity index (χ2n) is 6.85. The van der Waals surface area contributed by atoms with Crippen molar-refractivity contribution in [2.75, 3.05) is 32.8 Å². The number of piperidine rings is 1. The van der Waals surface area contributed by atoms with Gasteiger partial charge in [-0.15, -0.1) is 0 Å². The van der Waals surface area contributed by atoms with E-state index in [-0.39, 0.29) is 5.79 Å². The van der Waals surface area contributed by atoms with E-state index in [9.17, 15) is 0 Å². The second-order valence-corrected chi connectivity index (χ2v) is 6.85. The van der Waals surface area contributed by atoms with E-state index in [0.29, 0.717) is 6.10 Å². The predicted molar refractivity (Wildman–Crippen MR) is 73.0 cm³/mol. The zero-order valence-corrected chi connectivity index (χ0v) is 11.8. The SMILES string of the molecule is C1CNC2CN(CC3COC4(CCCC4)O3)CC2C1. The molecule has 4 aliphatic rings. The third-order valence-corrected chi connectivity index (χ3v) is 5.42. The van der Waals surface area contributed by atoms with Crippen molar-refractivity contribution < 1.29 is 9.47 Å². The van der Waals surface area contributed by atoms with Crippen molar-refractivity contribution in [1.29, 1.82) is 0 Å². The van der Waals surface area contributed by atoms with Crippen LogP contribution in [0.15, 0.2) is 0 Å². The maximum Gasteiger partial charge on any atom is 0.168 e. The molecule has 3 aliphatic heterocycles. The Labute approximate surface area is 115 Å². The Balaban J connectivity index is 1.31. The van der Waals surface area contributed by atoms with Crippen LogP contribution in [-0.2, 0) is 9.47 Å². The first-order chi connectivity index (χ1) is 9.33. The Bertz CT molecular complexity index is 316. The van der Waals surface area contributed by atoms with Crippen molar-refractivity contribution >= 4 is 0 Å². The molecule has 0 aromatic rings. The summed E-state index contributed by atoms with van der Waals surface area (Å²) < 4.78 is 12.2. The minimum Gasteiger partial charge on any atom is -0.347 e. The summed E-state index contributed by atoms with van der Waals surface area (Å²) in [6.07, 6.45) is 7.81. The molecule has 108 valence electrons. The summed E-state index contributed by atoms with van der Waals surface area (Å²) in [4.78, 5) is 2.59. The van der Waals surface area contributed by atoms with Crippen molar-refractivity contribution in [2.24, 2.45) is 5.92 Å². The van der Waals surface area contributed by atoms with Gasteiger partial charge in [-0.3, -0.25) is 4.90 Å². The lowest BCUT2D eigenvalue weighted by Crippen LogP contribution is -2.41. The number of rotatable bonds is 2. The molecule has 1 aliphatic carbocycles. The number of hydrogen-bond donors (Lipinski definition) is 1. The Morgan fingerprint density at radius 1 is 1.16 bits per heavy atom. The molecule has 0 radical (unpaired) electrons. The first-order valence-corrected chi connectivity index (χ1v) is 8.11. The first-order valence-electron chi connectivity index (χ1n) is 8.11. The van der Waals surface area contributed by atoms with Gasteiger partial charge in [0.05, 0.1) is 12.7 Å². The molecule has 4 nitrogen and oxygen atoms in total. The van der Waals surface area contributed by atoms with Crippen molar-refractivity contribution in [3.63, 3.8) is 0 Å². The van der Waals surface area contributed by atoms with Crippen molar-refractivity contribution in [2.45, 2.75) is 56.5 Å². The third kappa shape index (κ3) is 2.44. The molecule has 19 heavy (non-hydrogen) atoms. The van der Waals surface area contributed by atoms with Crippen molar-refractivity contribution in [1.82, 2.24) is 10.2 Å². The maximum atomic E-state index is 6.24. The first kappa shape index (κ1) is 12.6. The average Bonchev–Trinajstić information content (AvgIpc) is 3.11. The summed E-state index contributed by atoms with van der Waals surface area (Å²) in [6, 6.07) is 0.733. The molecule has 0 amide bonds. The number of hydrogen-bond acceptors (Lipinski definition) is 4. The molecule has 3 saturated heterocycles. The normalized spacial score (nSPS) is 42.0. The fraction of sp³-hybridized carbons (Fsp3) is 1.00. The third-order valence-electron chi connectivity index (χ3n) is 5.42. The van der Waals surface area contributed by atoms with Gasteiger partial charge in [-0.2, -0.15) is 0 Å². The molecule has 0 aromatic heterocycles. The van der Waals surface area contributed by atoms with E-state index in [2.05, 4.69) is 10.2 Å².